The maximum absolute atomic E-state index is 12.3. The van der Waals surface area contributed by atoms with Crippen LogP contribution in [0.15, 0.2) is 18.2 Å². The highest BCUT2D eigenvalue weighted by molar-refractivity contribution is 5.81. The molecule has 1 heterocycles. The molecule has 1 aromatic rings. The third-order valence-electron chi connectivity index (χ3n) is 4.05. The van der Waals surface area contributed by atoms with Crippen molar-refractivity contribution >= 4 is 5.91 Å². The molecular weight excluding hydrogens is 254 g/mol. The topological polar surface area (TPSA) is 38.8 Å². The van der Waals surface area contributed by atoms with Crippen molar-refractivity contribution in [3.05, 3.63) is 29.3 Å². The Morgan fingerprint density at radius 1 is 1.25 bits per heavy atom. The van der Waals surface area contributed by atoms with Crippen LogP contribution in [0.3, 0.4) is 0 Å². The highest BCUT2D eigenvalue weighted by Crippen LogP contribution is 2.26. The Bertz CT molecular complexity index is 494. The number of benzene rings is 1. The first kappa shape index (κ1) is 13.4. The molecule has 4 heteroatoms. The van der Waals surface area contributed by atoms with Crippen LogP contribution in [0.5, 0.6) is 5.75 Å². The van der Waals surface area contributed by atoms with Crippen LogP contribution in [0.25, 0.3) is 0 Å². The molecule has 1 amide bonds. The SMILES string of the molecule is CC(Oc1ccc2c(c1)CCC2)C(=O)N1CCOCC1. The molecule has 0 saturated carbocycles. The normalized spacial score (nSPS) is 19.6. The summed E-state index contributed by atoms with van der Waals surface area (Å²) in [6, 6.07) is 6.20. The van der Waals surface area contributed by atoms with E-state index < -0.39 is 6.10 Å². The minimum absolute atomic E-state index is 0.0498. The third-order valence-corrected chi connectivity index (χ3v) is 4.05. The molecule has 4 nitrogen and oxygen atoms in total. The quantitative estimate of drug-likeness (QED) is 0.844. The summed E-state index contributed by atoms with van der Waals surface area (Å²) < 4.78 is 11.1. The first-order chi connectivity index (χ1) is 9.74. The molecule has 1 atom stereocenters. The van der Waals surface area contributed by atoms with E-state index in [0.29, 0.717) is 26.3 Å². The van der Waals surface area contributed by atoms with E-state index in [2.05, 4.69) is 12.1 Å². The molecule has 3 rings (SSSR count). The van der Waals surface area contributed by atoms with Crippen molar-refractivity contribution in [2.24, 2.45) is 0 Å². The summed E-state index contributed by atoms with van der Waals surface area (Å²) in [5.41, 5.74) is 2.79. The lowest BCUT2D eigenvalue weighted by molar-refractivity contribution is -0.142. The fourth-order valence-electron chi connectivity index (χ4n) is 2.92. The van der Waals surface area contributed by atoms with Gasteiger partial charge in [-0.25, -0.2) is 0 Å². The van der Waals surface area contributed by atoms with E-state index in [1.807, 2.05) is 17.9 Å². The number of amides is 1. The predicted octanol–water partition coefficient (Wildman–Crippen LogP) is 1.80. The van der Waals surface area contributed by atoms with Gasteiger partial charge in [-0.1, -0.05) is 6.07 Å². The van der Waals surface area contributed by atoms with Crippen molar-refractivity contribution in [1.29, 1.82) is 0 Å². The maximum atomic E-state index is 12.3. The molecule has 0 spiro atoms. The highest BCUT2D eigenvalue weighted by Gasteiger charge is 2.24. The lowest BCUT2D eigenvalue weighted by atomic mass is 10.1. The number of carbonyl (C=O) groups is 1. The monoisotopic (exact) mass is 275 g/mol. The summed E-state index contributed by atoms with van der Waals surface area (Å²) in [7, 11) is 0. The molecular formula is C16H21NO3. The zero-order valence-electron chi connectivity index (χ0n) is 11.9. The Morgan fingerprint density at radius 2 is 2.00 bits per heavy atom. The molecule has 1 fully saturated rings. The molecule has 1 aliphatic heterocycles. The van der Waals surface area contributed by atoms with Gasteiger partial charge in [0.25, 0.3) is 5.91 Å². The Kier molecular flexibility index (Phi) is 3.92. The Labute approximate surface area is 119 Å². The number of ether oxygens (including phenoxy) is 2. The van der Waals surface area contributed by atoms with Gasteiger partial charge in [-0.15, -0.1) is 0 Å². The molecule has 108 valence electrons. The van der Waals surface area contributed by atoms with E-state index in [0.717, 1.165) is 18.6 Å². The van der Waals surface area contributed by atoms with E-state index in [1.165, 1.54) is 17.5 Å². The van der Waals surface area contributed by atoms with Crippen LogP contribution in [0.2, 0.25) is 0 Å². The molecule has 1 unspecified atom stereocenters. The summed E-state index contributed by atoms with van der Waals surface area (Å²) in [6.07, 6.45) is 3.07. The molecule has 1 aromatic carbocycles. The Morgan fingerprint density at radius 3 is 2.80 bits per heavy atom. The number of hydrogen-bond acceptors (Lipinski definition) is 3. The summed E-state index contributed by atoms with van der Waals surface area (Å²) in [5.74, 6) is 0.855. The largest absolute Gasteiger partial charge is 0.481 e. The van der Waals surface area contributed by atoms with Crippen LogP contribution >= 0.6 is 0 Å². The molecule has 0 N–H and O–H groups in total. The van der Waals surface area contributed by atoms with E-state index in [1.54, 1.807) is 0 Å². The van der Waals surface area contributed by atoms with Crippen molar-refractivity contribution < 1.29 is 14.3 Å². The van der Waals surface area contributed by atoms with Gasteiger partial charge < -0.3 is 14.4 Å². The van der Waals surface area contributed by atoms with E-state index in [9.17, 15) is 4.79 Å². The lowest BCUT2D eigenvalue weighted by Gasteiger charge is -2.29. The van der Waals surface area contributed by atoms with Gasteiger partial charge in [-0.05, 0) is 49.4 Å². The van der Waals surface area contributed by atoms with E-state index in [-0.39, 0.29) is 5.91 Å². The van der Waals surface area contributed by atoms with Crippen LogP contribution in [0, 0.1) is 0 Å². The van der Waals surface area contributed by atoms with E-state index >= 15 is 0 Å². The minimum atomic E-state index is -0.437. The molecule has 2 aliphatic rings. The fraction of sp³-hybridized carbons (Fsp3) is 0.562. The number of fused-ring (bicyclic) bond motifs is 1. The lowest BCUT2D eigenvalue weighted by Crippen LogP contribution is -2.46. The van der Waals surface area contributed by atoms with Gasteiger partial charge in [0.15, 0.2) is 6.10 Å². The van der Waals surface area contributed by atoms with Crippen molar-refractivity contribution in [1.82, 2.24) is 4.90 Å². The predicted molar refractivity (Wildman–Crippen MR) is 76.0 cm³/mol. The standard InChI is InChI=1S/C16H21NO3/c1-12(16(18)17-7-9-19-10-8-17)20-15-6-5-13-3-2-4-14(13)11-15/h5-6,11-12H,2-4,7-10H2,1H3. The summed E-state index contributed by atoms with van der Waals surface area (Å²) in [5, 5.41) is 0. The van der Waals surface area contributed by atoms with Crippen LogP contribution in [-0.2, 0) is 22.4 Å². The number of morpholine rings is 1. The van der Waals surface area contributed by atoms with Crippen LogP contribution in [0.1, 0.15) is 24.5 Å². The first-order valence-corrected chi connectivity index (χ1v) is 7.39. The third kappa shape index (κ3) is 2.80. The van der Waals surface area contributed by atoms with Crippen LogP contribution in [-0.4, -0.2) is 43.2 Å². The van der Waals surface area contributed by atoms with Gasteiger partial charge in [0.05, 0.1) is 13.2 Å². The van der Waals surface area contributed by atoms with Gasteiger partial charge in [0, 0.05) is 13.1 Å². The van der Waals surface area contributed by atoms with Crippen molar-refractivity contribution in [3.8, 4) is 5.75 Å². The van der Waals surface area contributed by atoms with Gasteiger partial charge in [-0.3, -0.25) is 4.79 Å². The van der Waals surface area contributed by atoms with Gasteiger partial charge in [0.2, 0.25) is 0 Å². The zero-order valence-corrected chi connectivity index (χ0v) is 11.9. The van der Waals surface area contributed by atoms with Crippen LogP contribution in [0.4, 0.5) is 0 Å². The number of rotatable bonds is 3. The highest BCUT2D eigenvalue weighted by atomic mass is 16.5. The summed E-state index contributed by atoms with van der Waals surface area (Å²) in [4.78, 5) is 14.1. The smallest absolute Gasteiger partial charge is 0.263 e. The van der Waals surface area contributed by atoms with Crippen molar-refractivity contribution in [2.45, 2.75) is 32.3 Å². The fourth-order valence-corrected chi connectivity index (χ4v) is 2.92. The maximum Gasteiger partial charge on any atom is 0.263 e. The Balaban J connectivity index is 1.63. The van der Waals surface area contributed by atoms with Gasteiger partial charge >= 0.3 is 0 Å². The second-order valence-electron chi connectivity index (χ2n) is 5.48. The molecule has 0 radical (unpaired) electrons. The first-order valence-electron chi connectivity index (χ1n) is 7.39. The zero-order chi connectivity index (χ0) is 13.9. The van der Waals surface area contributed by atoms with Crippen molar-refractivity contribution in [3.63, 3.8) is 0 Å². The van der Waals surface area contributed by atoms with E-state index in [4.69, 9.17) is 9.47 Å². The molecule has 0 aromatic heterocycles. The Hall–Kier alpha value is -1.55. The molecule has 1 saturated heterocycles. The number of nitrogens with zero attached hydrogens (tertiary/aromatic N) is 1. The van der Waals surface area contributed by atoms with Crippen molar-refractivity contribution in [2.75, 3.05) is 26.3 Å². The number of carbonyl (C=O) groups excluding carboxylic acids is 1. The second-order valence-corrected chi connectivity index (χ2v) is 5.48. The number of hydrogen-bond donors (Lipinski definition) is 0. The molecule has 1 aliphatic carbocycles. The summed E-state index contributed by atoms with van der Waals surface area (Å²) >= 11 is 0. The van der Waals surface area contributed by atoms with Gasteiger partial charge in [-0.2, -0.15) is 0 Å². The second kappa shape index (κ2) is 5.83. The molecule has 0 bridgehead atoms. The minimum Gasteiger partial charge on any atom is -0.481 e. The summed E-state index contributed by atoms with van der Waals surface area (Å²) in [6.45, 7) is 4.40. The average Bonchev–Trinajstić information content (AvgIpc) is 2.95. The van der Waals surface area contributed by atoms with Crippen LogP contribution < -0.4 is 4.74 Å². The molecule has 20 heavy (non-hydrogen) atoms. The average molecular weight is 275 g/mol. The number of aryl methyl sites for hydroxylation is 2. The van der Waals surface area contributed by atoms with Gasteiger partial charge in [0.1, 0.15) is 5.75 Å².